The molecule has 3 rings (SSSR count). The van der Waals surface area contributed by atoms with Gasteiger partial charge in [-0.3, -0.25) is 0 Å². The Morgan fingerprint density at radius 2 is 0.773 bits per heavy atom. The zero-order valence-corrected chi connectivity index (χ0v) is 32.0. The molecule has 0 fully saturated rings. The first-order chi connectivity index (χ1) is 20.5. The van der Waals surface area contributed by atoms with Gasteiger partial charge in [0.15, 0.2) is 0 Å². The monoisotopic (exact) mass is 681 g/mol. The summed E-state index contributed by atoms with van der Waals surface area (Å²) in [6.07, 6.45) is 0. The fraction of sp³-hybridized carbons (Fsp3) is 0.526. The van der Waals surface area contributed by atoms with Gasteiger partial charge in [0.25, 0.3) is 11.5 Å². The first-order valence-electron chi connectivity index (χ1n) is 16.0. The first-order valence-corrected chi connectivity index (χ1v) is 19.0. The third-order valence-corrected chi connectivity index (χ3v) is 8.14. The number of hydrogen-bond acceptors (Lipinski definition) is 2. The molecule has 0 aliphatic rings. The van der Waals surface area contributed by atoms with E-state index in [1.807, 2.05) is 0 Å². The Morgan fingerprint density at radius 3 is 0.977 bits per heavy atom. The molecule has 0 amide bonds. The third-order valence-electron chi connectivity index (χ3n) is 8.14. The van der Waals surface area contributed by atoms with E-state index in [9.17, 15) is 0 Å². The summed E-state index contributed by atoms with van der Waals surface area (Å²) in [4.78, 5) is 10.5. The van der Waals surface area contributed by atoms with Crippen LogP contribution in [0.1, 0.15) is 177 Å². The molecular formula is C38H55Cl2FeN2O+. The maximum absolute atomic E-state index is 5.24. The van der Waals surface area contributed by atoms with Crippen LogP contribution in [0.25, 0.3) is 0 Å². The van der Waals surface area contributed by atoms with Crippen LogP contribution in [0.15, 0.2) is 50.8 Å². The van der Waals surface area contributed by atoms with E-state index >= 15 is 0 Å². The van der Waals surface area contributed by atoms with Gasteiger partial charge in [-0.1, -0.05) is 107 Å². The number of hydrogen-bond donors (Lipinski definition) is 0. The molecular weight excluding hydrogens is 627 g/mol. The van der Waals surface area contributed by atoms with Gasteiger partial charge < -0.3 is 4.42 Å². The molecule has 0 saturated carbocycles. The van der Waals surface area contributed by atoms with Crippen LogP contribution in [0.2, 0.25) is 0 Å². The zero-order chi connectivity index (χ0) is 33.5. The van der Waals surface area contributed by atoms with E-state index in [2.05, 4.69) is 133 Å². The number of nitrogens with zero attached hydrogens (tertiary/aromatic N) is 2. The summed E-state index contributed by atoms with van der Waals surface area (Å²) < 4.78 is 5.03. The fourth-order valence-corrected chi connectivity index (χ4v) is 5.31. The summed E-state index contributed by atoms with van der Waals surface area (Å²) in [5.74, 6) is 4.36. The SMILES string of the molecule is CC(=Nc1c(C(C)C)cc(C(C)C)cc1C(C)C)c1ccc(C(C)=Nc2c(C(C)C)cc(C(C)C)cc2C(C)C)[oH+]1.[Cl][Fe][Cl]. The summed E-state index contributed by atoms with van der Waals surface area (Å²) in [5, 5.41) is 0. The summed E-state index contributed by atoms with van der Waals surface area (Å²) in [5.41, 5.74) is 12.1. The van der Waals surface area contributed by atoms with Gasteiger partial charge in [0.1, 0.15) is 11.4 Å². The minimum absolute atomic E-state index is 0.194. The summed E-state index contributed by atoms with van der Waals surface area (Å²) in [6, 6.07) is 13.6. The van der Waals surface area contributed by atoms with Gasteiger partial charge in [0.2, 0.25) is 0 Å². The van der Waals surface area contributed by atoms with Crippen molar-refractivity contribution in [2.24, 2.45) is 9.98 Å². The molecule has 1 heterocycles. The standard InChI is InChI=1S/C38H54N2O.2ClH.Fe/c1-21(2)29-17-31(23(5)6)37(32(18-29)24(7)8)39-27(13)35-15-16-36(41-35)28(14)40-38-33(25(9)10)19-30(22(3)4)20-34(38)26(11)12;;;/h15-26H,1-14H3;2*1H;/q;;;+2/p-1. The molecule has 1 N–H and O–H groups in total. The van der Waals surface area contributed by atoms with Crippen LogP contribution in [0.5, 0.6) is 0 Å². The summed E-state index contributed by atoms with van der Waals surface area (Å²) in [7, 11) is 9.53. The van der Waals surface area contributed by atoms with Crippen LogP contribution < -0.4 is 0 Å². The van der Waals surface area contributed by atoms with Crippen LogP contribution >= 0.6 is 20.2 Å². The molecule has 0 unspecified atom stereocenters. The Labute approximate surface area is 283 Å². The van der Waals surface area contributed by atoms with Gasteiger partial charge in [0, 0.05) is 12.1 Å². The van der Waals surface area contributed by atoms with E-state index in [1.165, 1.54) is 33.4 Å². The van der Waals surface area contributed by atoms with E-state index in [-0.39, 0.29) is 13.1 Å². The van der Waals surface area contributed by atoms with E-state index in [1.54, 1.807) is 0 Å². The Balaban J connectivity index is 0.00000216. The van der Waals surface area contributed by atoms with Crippen molar-refractivity contribution >= 4 is 43.0 Å². The summed E-state index contributed by atoms with van der Waals surface area (Å²) in [6.45, 7) is 31.4. The minimum atomic E-state index is 0.194. The van der Waals surface area contributed by atoms with Crippen molar-refractivity contribution in [3.05, 3.63) is 81.3 Å². The molecule has 0 saturated heterocycles. The molecule has 0 spiro atoms. The molecule has 0 atom stereocenters. The maximum atomic E-state index is 5.24. The fourth-order valence-electron chi connectivity index (χ4n) is 5.31. The number of furan rings is 1. The van der Waals surface area contributed by atoms with Crippen molar-refractivity contribution in [2.75, 3.05) is 0 Å². The van der Waals surface area contributed by atoms with Gasteiger partial charge in [-0.25, -0.2) is 9.98 Å². The Hall–Kier alpha value is -1.84. The summed E-state index contributed by atoms with van der Waals surface area (Å²) >= 11 is 0.194. The molecule has 0 bridgehead atoms. The van der Waals surface area contributed by atoms with Crippen LogP contribution in [0, 0.1) is 0 Å². The van der Waals surface area contributed by atoms with Gasteiger partial charge in [-0.05, 0) is 82.7 Å². The van der Waals surface area contributed by atoms with Gasteiger partial charge in [0.05, 0.1) is 11.4 Å². The average Bonchev–Trinajstić information content (AvgIpc) is 3.43. The van der Waals surface area contributed by atoms with Crippen molar-refractivity contribution in [2.45, 2.75) is 132 Å². The predicted molar refractivity (Wildman–Crippen MR) is 193 cm³/mol. The molecule has 0 aliphatic carbocycles. The molecule has 3 aromatic rings. The van der Waals surface area contributed by atoms with E-state index < -0.39 is 0 Å². The van der Waals surface area contributed by atoms with Gasteiger partial charge >= 0.3 is 33.3 Å². The Kier molecular flexibility index (Phi) is 15.0. The van der Waals surface area contributed by atoms with Gasteiger partial charge in [-0.15, -0.1) is 0 Å². The Morgan fingerprint density at radius 1 is 0.523 bits per heavy atom. The number of halogens is 2. The first kappa shape index (κ1) is 38.3. The second-order valence-corrected chi connectivity index (χ2v) is 15.5. The zero-order valence-electron chi connectivity index (χ0n) is 29.4. The van der Waals surface area contributed by atoms with E-state index in [4.69, 9.17) is 34.6 Å². The number of aliphatic imine (C=N–C) groups is 2. The van der Waals surface area contributed by atoms with E-state index in [0.29, 0.717) is 35.5 Å². The average molecular weight is 683 g/mol. The Bertz CT molecular complexity index is 1280. The normalized spacial score (nSPS) is 12.9. The molecule has 3 nitrogen and oxygen atoms in total. The third kappa shape index (κ3) is 9.83. The van der Waals surface area contributed by atoms with Crippen molar-refractivity contribution in [1.29, 1.82) is 0 Å². The molecule has 6 heteroatoms. The number of benzene rings is 2. The van der Waals surface area contributed by atoms with Crippen LogP contribution in [-0.2, 0) is 13.1 Å². The quantitative estimate of drug-likeness (QED) is 0.116. The molecule has 0 radical (unpaired) electrons. The van der Waals surface area contributed by atoms with Crippen LogP contribution in [0.3, 0.4) is 0 Å². The predicted octanol–water partition coefficient (Wildman–Crippen LogP) is 13.8. The molecule has 1 aromatic heterocycles. The molecule has 0 aliphatic heterocycles. The van der Waals surface area contributed by atoms with Gasteiger partial charge in [-0.2, -0.15) is 0 Å². The number of rotatable bonds is 10. The van der Waals surface area contributed by atoms with E-state index in [0.717, 1.165) is 34.3 Å². The second kappa shape index (κ2) is 17.2. The second-order valence-electron chi connectivity index (χ2n) is 13.7. The van der Waals surface area contributed by atoms with Crippen molar-refractivity contribution < 1.29 is 17.6 Å². The van der Waals surface area contributed by atoms with Crippen molar-refractivity contribution in [1.82, 2.24) is 0 Å². The van der Waals surface area contributed by atoms with Crippen molar-refractivity contribution in [3.63, 3.8) is 0 Å². The molecule has 244 valence electrons. The van der Waals surface area contributed by atoms with Crippen LogP contribution in [-0.4, -0.2) is 11.4 Å². The molecule has 2 aromatic carbocycles. The molecule has 44 heavy (non-hydrogen) atoms. The van der Waals surface area contributed by atoms with Crippen molar-refractivity contribution in [3.8, 4) is 0 Å². The topological polar surface area (TPSA) is 37.5 Å². The van der Waals surface area contributed by atoms with Crippen LogP contribution in [0.4, 0.5) is 11.4 Å².